The standard InChI is InChI=1S/C27H26N2O3/c1-31-20-12-10-17(11-13-20)19-15-24-26(25(30)16-19)27(18-6-5-7-21(14-18)32-2)29-23-9-4-3-8-22(23)28-24/h3-14,16,19,26-27,29-30H,15H2,1-2H3/t19-,26+,27+/m0/s1. The average Bonchev–Trinajstić information content (AvgIpc) is 3.01. The van der Waals surface area contributed by atoms with Crippen molar-refractivity contribution >= 4 is 17.1 Å². The summed E-state index contributed by atoms with van der Waals surface area (Å²) in [6.07, 6.45) is 2.70. The summed E-state index contributed by atoms with van der Waals surface area (Å²) in [5.41, 5.74) is 4.98. The highest BCUT2D eigenvalue weighted by Crippen LogP contribution is 2.45. The maximum Gasteiger partial charge on any atom is 0.119 e. The largest absolute Gasteiger partial charge is 0.512 e. The summed E-state index contributed by atoms with van der Waals surface area (Å²) in [7, 11) is 3.33. The van der Waals surface area contributed by atoms with Crippen molar-refractivity contribution in [3.63, 3.8) is 0 Å². The van der Waals surface area contributed by atoms with Crippen molar-refractivity contribution in [2.75, 3.05) is 19.5 Å². The zero-order valence-electron chi connectivity index (χ0n) is 18.2. The number of nitrogens with one attached hydrogen (secondary N) is 1. The van der Waals surface area contributed by atoms with E-state index in [1.165, 1.54) is 0 Å². The van der Waals surface area contributed by atoms with E-state index in [4.69, 9.17) is 14.5 Å². The van der Waals surface area contributed by atoms with Crippen LogP contribution in [0.3, 0.4) is 0 Å². The second-order valence-electron chi connectivity index (χ2n) is 8.17. The number of hydrogen-bond donors (Lipinski definition) is 2. The lowest BCUT2D eigenvalue weighted by Crippen LogP contribution is -2.32. The Kier molecular flexibility index (Phi) is 5.31. The number of fused-ring (bicyclic) bond motifs is 2. The molecule has 32 heavy (non-hydrogen) atoms. The van der Waals surface area contributed by atoms with E-state index >= 15 is 0 Å². The van der Waals surface area contributed by atoms with Crippen LogP contribution < -0.4 is 14.8 Å². The van der Waals surface area contributed by atoms with Gasteiger partial charge in [-0.2, -0.15) is 0 Å². The number of aliphatic hydroxyl groups is 1. The van der Waals surface area contributed by atoms with Gasteiger partial charge in [0.05, 0.1) is 37.6 Å². The van der Waals surface area contributed by atoms with Crippen LogP contribution in [0.5, 0.6) is 11.5 Å². The number of allylic oxidation sites excluding steroid dienone is 1. The number of aliphatic hydroxyl groups excluding tert-OH is 1. The van der Waals surface area contributed by atoms with E-state index in [1.807, 2.05) is 60.7 Å². The number of nitrogens with zero attached hydrogens (tertiary/aromatic N) is 1. The molecule has 162 valence electrons. The van der Waals surface area contributed by atoms with Gasteiger partial charge in [0.1, 0.15) is 17.3 Å². The third kappa shape index (κ3) is 3.71. The predicted octanol–water partition coefficient (Wildman–Crippen LogP) is 6.19. The molecule has 2 aliphatic rings. The molecule has 1 aliphatic carbocycles. The summed E-state index contributed by atoms with van der Waals surface area (Å²) in [4.78, 5) is 5.04. The second-order valence-corrected chi connectivity index (χ2v) is 8.17. The highest BCUT2D eigenvalue weighted by atomic mass is 16.5. The van der Waals surface area contributed by atoms with Gasteiger partial charge in [-0.15, -0.1) is 0 Å². The molecular weight excluding hydrogens is 400 g/mol. The molecule has 0 spiro atoms. The third-order valence-corrected chi connectivity index (χ3v) is 6.29. The number of rotatable bonds is 4. The summed E-state index contributed by atoms with van der Waals surface area (Å²) in [6, 6.07) is 23.9. The Bertz CT molecular complexity index is 1180. The van der Waals surface area contributed by atoms with Crippen molar-refractivity contribution in [2.45, 2.75) is 18.4 Å². The minimum absolute atomic E-state index is 0.0483. The van der Waals surface area contributed by atoms with Gasteiger partial charge >= 0.3 is 0 Å². The van der Waals surface area contributed by atoms with Gasteiger partial charge in [-0.3, -0.25) is 4.99 Å². The van der Waals surface area contributed by atoms with Crippen LogP contribution in [-0.2, 0) is 0 Å². The zero-order valence-corrected chi connectivity index (χ0v) is 18.2. The van der Waals surface area contributed by atoms with Crippen molar-refractivity contribution < 1.29 is 14.6 Å². The molecule has 0 fully saturated rings. The van der Waals surface area contributed by atoms with E-state index in [0.717, 1.165) is 46.1 Å². The Morgan fingerprint density at radius 2 is 1.66 bits per heavy atom. The predicted molar refractivity (Wildman–Crippen MR) is 127 cm³/mol. The molecule has 0 amide bonds. The molecule has 0 saturated carbocycles. The molecule has 5 nitrogen and oxygen atoms in total. The Morgan fingerprint density at radius 1 is 0.875 bits per heavy atom. The first-order valence-corrected chi connectivity index (χ1v) is 10.8. The van der Waals surface area contributed by atoms with Crippen molar-refractivity contribution in [1.29, 1.82) is 0 Å². The molecule has 1 aliphatic heterocycles. The lowest BCUT2D eigenvalue weighted by atomic mass is 9.77. The van der Waals surface area contributed by atoms with Crippen LogP contribution in [0.1, 0.15) is 29.5 Å². The van der Waals surface area contributed by atoms with Crippen LogP contribution in [0.2, 0.25) is 0 Å². The number of anilines is 1. The normalized spacial score (nSPS) is 21.8. The fraction of sp³-hybridized carbons (Fsp3) is 0.222. The molecular formula is C27H26N2O3. The molecule has 0 aromatic heterocycles. The molecule has 3 atom stereocenters. The van der Waals surface area contributed by atoms with E-state index in [2.05, 4.69) is 23.5 Å². The number of benzene rings is 3. The summed E-state index contributed by atoms with van der Waals surface area (Å²) >= 11 is 0. The fourth-order valence-electron chi connectivity index (χ4n) is 4.64. The van der Waals surface area contributed by atoms with Crippen LogP contribution >= 0.6 is 0 Å². The summed E-state index contributed by atoms with van der Waals surface area (Å²) in [5.74, 6) is 1.73. The van der Waals surface area contributed by atoms with Gasteiger partial charge in [0.15, 0.2) is 0 Å². The smallest absolute Gasteiger partial charge is 0.119 e. The van der Waals surface area contributed by atoms with Crippen LogP contribution in [0.25, 0.3) is 0 Å². The van der Waals surface area contributed by atoms with Gasteiger partial charge in [0.2, 0.25) is 0 Å². The number of para-hydroxylation sites is 2. The number of ether oxygens (including phenoxy) is 2. The third-order valence-electron chi connectivity index (χ3n) is 6.29. The van der Waals surface area contributed by atoms with Crippen molar-refractivity contribution in [1.82, 2.24) is 0 Å². The summed E-state index contributed by atoms with van der Waals surface area (Å²) in [6.45, 7) is 0. The molecule has 0 saturated heterocycles. The van der Waals surface area contributed by atoms with E-state index in [1.54, 1.807) is 14.2 Å². The lowest BCUT2D eigenvalue weighted by molar-refractivity contribution is 0.337. The van der Waals surface area contributed by atoms with Gasteiger partial charge in [-0.1, -0.05) is 36.4 Å². The molecule has 2 N–H and O–H groups in total. The molecule has 0 unspecified atom stereocenters. The Hall–Kier alpha value is -3.73. The van der Waals surface area contributed by atoms with Gasteiger partial charge in [0.25, 0.3) is 0 Å². The highest BCUT2D eigenvalue weighted by Gasteiger charge is 2.38. The van der Waals surface area contributed by atoms with E-state index in [9.17, 15) is 5.11 Å². The quantitative estimate of drug-likeness (QED) is 0.522. The summed E-state index contributed by atoms with van der Waals surface area (Å²) in [5, 5.41) is 14.9. The Balaban J connectivity index is 1.60. The lowest BCUT2D eigenvalue weighted by Gasteiger charge is -2.33. The monoisotopic (exact) mass is 426 g/mol. The zero-order chi connectivity index (χ0) is 22.1. The first-order chi connectivity index (χ1) is 15.7. The Labute approximate surface area is 188 Å². The number of hydrogen-bond acceptors (Lipinski definition) is 5. The molecule has 1 heterocycles. The van der Waals surface area contributed by atoms with Crippen LogP contribution in [0.4, 0.5) is 11.4 Å². The maximum atomic E-state index is 11.3. The van der Waals surface area contributed by atoms with Gasteiger partial charge in [-0.25, -0.2) is 0 Å². The molecule has 3 aromatic rings. The second kappa shape index (κ2) is 8.42. The average molecular weight is 427 g/mol. The summed E-state index contributed by atoms with van der Waals surface area (Å²) < 4.78 is 10.8. The van der Waals surface area contributed by atoms with E-state index in [0.29, 0.717) is 5.76 Å². The minimum Gasteiger partial charge on any atom is -0.512 e. The highest BCUT2D eigenvalue weighted by molar-refractivity contribution is 5.96. The molecule has 0 bridgehead atoms. The van der Waals surface area contributed by atoms with Crippen molar-refractivity contribution in [3.8, 4) is 11.5 Å². The minimum atomic E-state index is -0.260. The molecule has 5 rings (SSSR count). The first kappa shape index (κ1) is 20.2. The van der Waals surface area contributed by atoms with Gasteiger partial charge in [-0.05, 0) is 60.0 Å². The Morgan fingerprint density at radius 3 is 2.44 bits per heavy atom. The maximum absolute atomic E-state index is 11.3. The molecule has 5 heteroatoms. The molecule has 0 radical (unpaired) electrons. The van der Waals surface area contributed by atoms with E-state index < -0.39 is 0 Å². The van der Waals surface area contributed by atoms with Crippen LogP contribution in [0, 0.1) is 5.92 Å². The fourth-order valence-corrected chi connectivity index (χ4v) is 4.64. The van der Waals surface area contributed by atoms with Crippen LogP contribution in [0.15, 0.2) is 89.6 Å². The topological polar surface area (TPSA) is 63.1 Å². The number of aliphatic imine (C=N–C) groups is 1. The molecule has 3 aromatic carbocycles. The SMILES string of the molecule is COc1ccc([C@@H]2C=C(O)[C@H]3C(=Nc4ccccc4N[C@@H]3c3cccc(OC)c3)C2)cc1. The van der Waals surface area contributed by atoms with E-state index in [-0.39, 0.29) is 17.9 Å². The van der Waals surface area contributed by atoms with Crippen molar-refractivity contribution in [2.24, 2.45) is 10.9 Å². The van der Waals surface area contributed by atoms with Crippen molar-refractivity contribution in [3.05, 3.63) is 95.8 Å². The number of methoxy groups -OCH3 is 2. The first-order valence-electron chi connectivity index (χ1n) is 10.8. The van der Waals surface area contributed by atoms with Gasteiger partial charge in [0, 0.05) is 11.6 Å². The van der Waals surface area contributed by atoms with Gasteiger partial charge < -0.3 is 19.9 Å². The van der Waals surface area contributed by atoms with Crippen LogP contribution in [-0.4, -0.2) is 25.0 Å².